The Morgan fingerprint density at radius 3 is 2.38 bits per heavy atom. The predicted octanol–water partition coefficient (Wildman–Crippen LogP) is 5.39. The second kappa shape index (κ2) is 12.1. The minimum atomic E-state index is -0.784. The molecule has 0 aliphatic heterocycles. The zero-order valence-corrected chi connectivity index (χ0v) is 23.6. The fourth-order valence-corrected chi connectivity index (χ4v) is 3.78. The van der Waals surface area contributed by atoms with E-state index in [1.165, 1.54) is 4.68 Å². The van der Waals surface area contributed by atoms with E-state index in [-0.39, 0.29) is 41.1 Å². The van der Waals surface area contributed by atoms with Crippen LogP contribution in [0.4, 0.5) is 20.9 Å². The van der Waals surface area contributed by atoms with Gasteiger partial charge in [0.15, 0.2) is 0 Å². The highest BCUT2D eigenvalue weighted by Gasteiger charge is 2.27. The number of anilines is 2. The fourth-order valence-electron chi connectivity index (χ4n) is 3.78. The first-order valence-electron chi connectivity index (χ1n) is 12.8. The molecule has 214 valence electrons. The van der Waals surface area contributed by atoms with Crippen LogP contribution in [0.25, 0.3) is 11.3 Å². The van der Waals surface area contributed by atoms with E-state index in [0.717, 1.165) is 5.57 Å². The van der Waals surface area contributed by atoms with Gasteiger partial charge in [0, 0.05) is 11.6 Å². The number of nitrogens with two attached hydrogens (primary N) is 1. The summed E-state index contributed by atoms with van der Waals surface area (Å²) in [5, 5.41) is 13.2. The van der Waals surface area contributed by atoms with E-state index in [0.29, 0.717) is 24.0 Å². The van der Waals surface area contributed by atoms with E-state index in [1.807, 2.05) is 20.8 Å². The molecule has 12 heteroatoms. The summed E-state index contributed by atoms with van der Waals surface area (Å²) in [6, 6.07) is 6.46. The van der Waals surface area contributed by atoms with Crippen molar-refractivity contribution >= 4 is 29.6 Å². The number of aromatic nitrogens is 3. The van der Waals surface area contributed by atoms with Crippen molar-refractivity contribution in [3.05, 3.63) is 59.1 Å². The Hall–Kier alpha value is -4.48. The topological polar surface area (TPSA) is 154 Å². The summed E-state index contributed by atoms with van der Waals surface area (Å²) < 4.78 is 26.3. The van der Waals surface area contributed by atoms with Crippen molar-refractivity contribution in [1.29, 1.82) is 0 Å². The number of carbonyl (C=O) groups is 3. The average molecular weight is 555 g/mol. The summed E-state index contributed by atoms with van der Waals surface area (Å²) in [4.78, 5) is 37.5. The van der Waals surface area contributed by atoms with Gasteiger partial charge in [-0.3, -0.25) is 20.2 Å². The van der Waals surface area contributed by atoms with Crippen LogP contribution in [0.2, 0.25) is 0 Å². The van der Waals surface area contributed by atoms with Crippen molar-refractivity contribution in [3.8, 4) is 11.3 Å². The van der Waals surface area contributed by atoms with Crippen molar-refractivity contribution in [2.45, 2.75) is 72.4 Å². The van der Waals surface area contributed by atoms with Gasteiger partial charge in [-0.1, -0.05) is 35.0 Å². The Kier molecular flexibility index (Phi) is 9.13. The summed E-state index contributed by atoms with van der Waals surface area (Å²) >= 11 is 0. The lowest BCUT2D eigenvalue weighted by Gasteiger charge is -2.20. The number of nitrogens with zero attached hydrogens (tertiary/aromatic N) is 3. The molecule has 4 N–H and O–H groups in total. The number of carbonyl (C=O) groups excluding carboxylic acids is 3. The Balaban J connectivity index is 1.80. The molecule has 40 heavy (non-hydrogen) atoms. The number of amides is 3. The standard InChI is InChI=1S/C28H35FN6O5/c1-15(2)8-13-19-22(29)26(40-34-19)31-20(36)14-17-9-11-18(12-10-17)23-21(24(30)37)25(35(33-23)16(3)4)32-27(38)39-28(5,6)7/h9-12,16H,1,8,13-14H2,2-7H3,(H2,30,37)(H,31,36)(H,32,38). The zero-order valence-electron chi connectivity index (χ0n) is 23.6. The van der Waals surface area contributed by atoms with Crippen LogP contribution >= 0.6 is 0 Å². The first kappa shape index (κ1) is 30.1. The van der Waals surface area contributed by atoms with E-state index in [1.54, 1.807) is 45.0 Å². The third-order valence-electron chi connectivity index (χ3n) is 5.60. The largest absolute Gasteiger partial charge is 0.444 e. The van der Waals surface area contributed by atoms with Gasteiger partial charge in [-0.05, 0) is 59.9 Å². The highest BCUT2D eigenvalue weighted by molar-refractivity contribution is 6.06. The number of rotatable bonds is 10. The molecule has 2 heterocycles. The highest BCUT2D eigenvalue weighted by Crippen LogP contribution is 2.31. The molecular formula is C28H35FN6O5. The normalized spacial score (nSPS) is 11.4. The van der Waals surface area contributed by atoms with Crippen LogP contribution in [-0.2, 0) is 22.4 Å². The molecule has 3 aromatic rings. The zero-order chi connectivity index (χ0) is 29.8. The second-order valence-corrected chi connectivity index (χ2v) is 10.8. The van der Waals surface area contributed by atoms with Crippen molar-refractivity contribution in [2.24, 2.45) is 5.73 Å². The third-order valence-corrected chi connectivity index (χ3v) is 5.60. The molecule has 0 aliphatic carbocycles. The van der Waals surface area contributed by atoms with Crippen LogP contribution in [0.15, 0.2) is 40.9 Å². The summed E-state index contributed by atoms with van der Waals surface area (Å²) in [6.45, 7) is 14.4. The van der Waals surface area contributed by atoms with Crippen molar-refractivity contribution in [1.82, 2.24) is 14.9 Å². The van der Waals surface area contributed by atoms with Crippen LogP contribution in [0.5, 0.6) is 0 Å². The van der Waals surface area contributed by atoms with Gasteiger partial charge in [0.2, 0.25) is 11.7 Å². The highest BCUT2D eigenvalue weighted by atomic mass is 19.1. The molecule has 0 radical (unpaired) electrons. The van der Waals surface area contributed by atoms with Crippen molar-refractivity contribution < 1.29 is 28.0 Å². The number of allylic oxidation sites excluding steroid dienone is 1. The quantitative estimate of drug-likeness (QED) is 0.284. The Bertz CT molecular complexity index is 1420. The van der Waals surface area contributed by atoms with E-state index in [4.69, 9.17) is 15.0 Å². The Morgan fingerprint density at radius 1 is 1.18 bits per heavy atom. The van der Waals surface area contributed by atoms with Crippen molar-refractivity contribution in [2.75, 3.05) is 10.6 Å². The van der Waals surface area contributed by atoms with E-state index in [9.17, 15) is 18.8 Å². The predicted molar refractivity (Wildman–Crippen MR) is 148 cm³/mol. The molecule has 0 spiro atoms. The Labute approximate surface area is 231 Å². The number of benzene rings is 1. The molecule has 0 aliphatic rings. The molecule has 0 bridgehead atoms. The smallest absolute Gasteiger partial charge is 0.413 e. The molecule has 0 saturated heterocycles. The molecule has 0 atom stereocenters. The van der Waals surface area contributed by atoms with Crippen LogP contribution < -0.4 is 16.4 Å². The summed E-state index contributed by atoms with van der Waals surface area (Å²) in [6.07, 6.45) is 0.0394. The first-order chi connectivity index (χ1) is 18.7. The van der Waals surface area contributed by atoms with Gasteiger partial charge in [-0.25, -0.2) is 9.48 Å². The number of hydrogen-bond acceptors (Lipinski definition) is 7. The summed E-state index contributed by atoms with van der Waals surface area (Å²) in [5.41, 5.74) is 7.37. The number of halogens is 1. The maximum absolute atomic E-state index is 14.5. The van der Waals surface area contributed by atoms with E-state index in [2.05, 4.69) is 27.5 Å². The average Bonchev–Trinajstić information content (AvgIpc) is 3.37. The summed E-state index contributed by atoms with van der Waals surface area (Å²) in [7, 11) is 0. The van der Waals surface area contributed by atoms with Crippen LogP contribution in [0.3, 0.4) is 0 Å². The number of ether oxygens (including phenoxy) is 1. The maximum Gasteiger partial charge on any atom is 0.413 e. The van der Waals surface area contributed by atoms with Gasteiger partial charge in [-0.2, -0.15) is 9.49 Å². The molecule has 0 saturated carbocycles. The van der Waals surface area contributed by atoms with Crippen LogP contribution in [0, 0.1) is 5.82 Å². The molecule has 2 aromatic heterocycles. The summed E-state index contributed by atoms with van der Waals surface area (Å²) in [5.74, 6) is -2.21. The minimum absolute atomic E-state index is 0.0216. The lowest BCUT2D eigenvalue weighted by Crippen LogP contribution is -2.29. The number of aryl methyl sites for hydroxylation is 1. The number of hydrogen-bond donors (Lipinski definition) is 3. The first-order valence-corrected chi connectivity index (χ1v) is 12.8. The Morgan fingerprint density at radius 2 is 1.82 bits per heavy atom. The van der Waals surface area contributed by atoms with E-state index < -0.39 is 29.3 Å². The molecule has 0 unspecified atom stereocenters. The molecule has 3 amide bonds. The molecule has 3 rings (SSSR count). The number of nitrogens with one attached hydrogen (secondary N) is 2. The fraction of sp³-hybridized carbons (Fsp3) is 0.393. The minimum Gasteiger partial charge on any atom is -0.444 e. The maximum atomic E-state index is 14.5. The van der Waals surface area contributed by atoms with Gasteiger partial charge < -0.3 is 15.0 Å². The molecular weight excluding hydrogens is 519 g/mol. The van der Waals surface area contributed by atoms with Gasteiger partial charge in [0.1, 0.15) is 28.4 Å². The van der Waals surface area contributed by atoms with Gasteiger partial charge in [0.05, 0.1) is 6.42 Å². The van der Waals surface area contributed by atoms with Gasteiger partial charge in [0.25, 0.3) is 11.8 Å². The van der Waals surface area contributed by atoms with Gasteiger partial charge >= 0.3 is 6.09 Å². The third kappa shape index (κ3) is 7.55. The lowest BCUT2D eigenvalue weighted by molar-refractivity contribution is -0.115. The lowest BCUT2D eigenvalue weighted by atomic mass is 10.0. The van der Waals surface area contributed by atoms with Crippen LogP contribution in [0.1, 0.15) is 75.6 Å². The molecule has 0 fully saturated rings. The van der Waals surface area contributed by atoms with E-state index >= 15 is 0 Å². The van der Waals surface area contributed by atoms with Crippen LogP contribution in [-0.4, -0.2) is 38.4 Å². The SMILES string of the molecule is C=C(C)CCc1noc(NC(=O)Cc2ccc(-c3nn(C(C)C)c(NC(=O)OC(C)(C)C)c3C(N)=O)cc2)c1F. The molecule has 1 aromatic carbocycles. The van der Waals surface area contributed by atoms with Gasteiger partial charge in [-0.15, -0.1) is 6.58 Å². The monoisotopic (exact) mass is 554 g/mol. The molecule has 11 nitrogen and oxygen atoms in total. The second-order valence-electron chi connectivity index (χ2n) is 10.8. The van der Waals surface area contributed by atoms with Crippen molar-refractivity contribution in [3.63, 3.8) is 0 Å². The number of primary amides is 1.